The summed E-state index contributed by atoms with van der Waals surface area (Å²) >= 11 is 4.86. The van der Waals surface area contributed by atoms with Crippen LogP contribution < -0.4 is 14.8 Å². The Morgan fingerprint density at radius 1 is 1.32 bits per heavy atom. The fourth-order valence-corrected chi connectivity index (χ4v) is 3.30. The summed E-state index contributed by atoms with van der Waals surface area (Å²) < 4.78 is 11.4. The molecular formula is C18H17BrN2O3S. The molecular weight excluding hydrogens is 404 g/mol. The van der Waals surface area contributed by atoms with Gasteiger partial charge in [0.05, 0.1) is 18.0 Å². The zero-order valence-corrected chi connectivity index (χ0v) is 16.2. The van der Waals surface area contributed by atoms with Crippen molar-refractivity contribution in [1.29, 1.82) is 5.26 Å². The van der Waals surface area contributed by atoms with Gasteiger partial charge in [-0.05, 0) is 63.1 Å². The Balaban J connectivity index is 1.95. The van der Waals surface area contributed by atoms with Crippen LogP contribution in [0.4, 0.5) is 0 Å². The van der Waals surface area contributed by atoms with Gasteiger partial charge in [-0.3, -0.25) is 4.79 Å². The van der Waals surface area contributed by atoms with Crippen LogP contribution in [-0.2, 0) is 11.2 Å². The molecule has 0 radical (unpaired) electrons. The first-order valence-electron chi connectivity index (χ1n) is 7.42. The van der Waals surface area contributed by atoms with Crippen LogP contribution in [0.15, 0.2) is 39.0 Å². The van der Waals surface area contributed by atoms with Crippen LogP contribution in [0.5, 0.6) is 11.5 Å². The Kier molecular flexibility index (Phi) is 7.04. The number of ether oxygens (including phenoxy) is 2. The van der Waals surface area contributed by atoms with Gasteiger partial charge in [0, 0.05) is 6.54 Å². The molecule has 1 aromatic carbocycles. The molecule has 1 aromatic heterocycles. The maximum absolute atomic E-state index is 12.1. The average Bonchev–Trinajstić information content (AvgIpc) is 3.04. The van der Waals surface area contributed by atoms with Crippen LogP contribution in [0, 0.1) is 11.3 Å². The predicted octanol–water partition coefficient (Wildman–Crippen LogP) is 3.79. The lowest BCUT2D eigenvalue weighted by Gasteiger charge is -2.10. The Bertz CT molecular complexity index is 824. The summed E-state index contributed by atoms with van der Waals surface area (Å²) in [5, 5.41) is 13.8. The third-order valence-corrected chi connectivity index (χ3v) is 4.93. The molecule has 0 aliphatic heterocycles. The van der Waals surface area contributed by atoms with Gasteiger partial charge in [-0.1, -0.05) is 6.07 Å². The standard InChI is InChI=1S/C18H17BrN2O3S/c1-23-15-4-3-12(8-16(15)24-2)5-6-21-18(22)14(10-20)7-13-9-17(19)25-11-13/h3-4,7-9,11H,5-6H2,1-2H3,(H,21,22)/b14-7-. The number of halogens is 1. The summed E-state index contributed by atoms with van der Waals surface area (Å²) in [4.78, 5) is 12.1. The van der Waals surface area contributed by atoms with E-state index in [1.807, 2.05) is 35.7 Å². The number of benzene rings is 1. The Labute approximate surface area is 159 Å². The smallest absolute Gasteiger partial charge is 0.261 e. The second-order valence-electron chi connectivity index (χ2n) is 5.05. The van der Waals surface area contributed by atoms with Gasteiger partial charge in [0.1, 0.15) is 11.6 Å². The number of carbonyl (C=O) groups excluding carboxylic acids is 1. The van der Waals surface area contributed by atoms with Crippen molar-refractivity contribution in [2.75, 3.05) is 20.8 Å². The van der Waals surface area contributed by atoms with Crippen molar-refractivity contribution in [2.45, 2.75) is 6.42 Å². The van der Waals surface area contributed by atoms with E-state index in [0.717, 1.165) is 14.9 Å². The number of rotatable bonds is 7. The maximum atomic E-state index is 12.1. The number of thiophene rings is 1. The number of methoxy groups -OCH3 is 2. The SMILES string of the molecule is COc1ccc(CCNC(=O)/C(C#N)=C\c2csc(Br)c2)cc1OC. The van der Waals surface area contributed by atoms with Gasteiger partial charge in [0.15, 0.2) is 11.5 Å². The molecule has 0 atom stereocenters. The molecule has 7 heteroatoms. The molecule has 0 saturated heterocycles. The lowest BCUT2D eigenvalue weighted by atomic mass is 10.1. The molecule has 0 saturated carbocycles. The van der Waals surface area contributed by atoms with E-state index in [1.54, 1.807) is 20.3 Å². The summed E-state index contributed by atoms with van der Waals surface area (Å²) in [6.45, 7) is 0.417. The molecule has 1 heterocycles. The van der Waals surface area contributed by atoms with Gasteiger partial charge in [0.2, 0.25) is 0 Å². The highest BCUT2D eigenvalue weighted by Gasteiger charge is 2.10. The van der Waals surface area contributed by atoms with Gasteiger partial charge < -0.3 is 14.8 Å². The maximum Gasteiger partial charge on any atom is 0.261 e. The molecule has 130 valence electrons. The average molecular weight is 421 g/mol. The van der Waals surface area contributed by atoms with Gasteiger partial charge in [-0.2, -0.15) is 5.26 Å². The minimum absolute atomic E-state index is 0.0811. The van der Waals surface area contributed by atoms with Gasteiger partial charge >= 0.3 is 0 Å². The lowest BCUT2D eigenvalue weighted by Crippen LogP contribution is -2.26. The molecule has 2 aromatic rings. The summed E-state index contributed by atoms with van der Waals surface area (Å²) in [7, 11) is 3.16. The molecule has 0 aliphatic rings. The number of nitrogens with one attached hydrogen (secondary N) is 1. The van der Waals surface area contributed by atoms with Gasteiger partial charge in [-0.25, -0.2) is 0 Å². The zero-order valence-electron chi connectivity index (χ0n) is 13.8. The first-order chi connectivity index (χ1) is 12.1. The van der Waals surface area contributed by atoms with Crippen LogP contribution >= 0.6 is 27.3 Å². The van der Waals surface area contributed by atoms with E-state index in [0.29, 0.717) is 24.5 Å². The van der Waals surface area contributed by atoms with Crippen LogP contribution in [0.2, 0.25) is 0 Å². The minimum Gasteiger partial charge on any atom is -0.493 e. The van der Waals surface area contributed by atoms with Crippen molar-refractivity contribution in [3.05, 3.63) is 50.1 Å². The molecule has 25 heavy (non-hydrogen) atoms. The van der Waals surface area contributed by atoms with Crippen molar-refractivity contribution >= 4 is 39.2 Å². The van der Waals surface area contributed by atoms with E-state index in [9.17, 15) is 10.1 Å². The van der Waals surface area contributed by atoms with Crippen LogP contribution in [0.1, 0.15) is 11.1 Å². The molecule has 0 bridgehead atoms. The highest BCUT2D eigenvalue weighted by atomic mass is 79.9. The van der Waals surface area contributed by atoms with E-state index >= 15 is 0 Å². The molecule has 0 spiro atoms. The summed E-state index contributed by atoms with van der Waals surface area (Å²) in [6, 6.07) is 9.41. The first-order valence-corrected chi connectivity index (χ1v) is 9.09. The Hall–Kier alpha value is -2.30. The molecule has 0 aliphatic carbocycles. The highest BCUT2D eigenvalue weighted by Crippen LogP contribution is 2.27. The van der Waals surface area contributed by atoms with Crippen molar-refractivity contribution < 1.29 is 14.3 Å². The van der Waals surface area contributed by atoms with Crippen molar-refractivity contribution in [1.82, 2.24) is 5.32 Å². The topological polar surface area (TPSA) is 71.3 Å². The largest absolute Gasteiger partial charge is 0.493 e. The van der Waals surface area contributed by atoms with E-state index in [1.165, 1.54) is 11.3 Å². The van der Waals surface area contributed by atoms with E-state index in [2.05, 4.69) is 21.2 Å². The fraction of sp³-hybridized carbons (Fsp3) is 0.222. The van der Waals surface area contributed by atoms with Gasteiger partial charge in [0.25, 0.3) is 5.91 Å². The van der Waals surface area contributed by atoms with Crippen LogP contribution in [-0.4, -0.2) is 26.7 Å². The monoisotopic (exact) mass is 420 g/mol. The summed E-state index contributed by atoms with van der Waals surface area (Å²) in [6.07, 6.45) is 2.20. The third kappa shape index (κ3) is 5.34. The van der Waals surface area contributed by atoms with Crippen molar-refractivity contribution in [3.8, 4) is 17.6 Å². The predicted molar refractivity (Wildman–Crippen MR) is 102 cm³/mol. The zero-order chi connectivity index (χ0) is 18.2. The quantitative estimate of drug-likeness (QED) is 0.546. The summed E-state index contributed by atoms with van der Waals surface area (Å²) in [5.41, 5.74) is 1.91. The molecule has 1 N–H and O–H groups in total. The molecule has 1 amide bonds. The molecule has 2 rings (SSSR count). The van der Waals surface area contributed by atoms with E-state index in [4.69, 9.17) is 9.47 Å². The molecule has 0 unspecified atom stereocenters. The van der Waals surface area contributed by atoms with Crippen LogP contribution in [0.25, 0.3) is 6.08 Å². The molecule has 0 fully saturated rings. The van der Waals surface area contributed by atoms with E-state index < -0.39 is 0 Å². The van der Waals surface area contributed by atoms with Crippen molar-refractivity contribution in [3.63, 3.8) is 0 Å². The van der Waals surface area contributed by atoms with E-state index in [-0.39, 0.29) is 11.5 Å². The fourth-order valence-electron chi connectivity index (χ4n) is 2.17. The molecule has 5 nitrogen and oxygen atoms in total. The first kappa shape index (κ1) is 19.0. The van der Waals surface area contributed by atoms with Crippen molar-refractivity contribution in [2.24, 2.45) is 0 Å². The highest BCUT2D eigenvalue weighted by molar-refractivity contribution is 9.11. The summed E-state index contributed by atoms with van der Waals surface area (Å²) in [5.74, 6) is 0.921. The number of amides is 1. The number of hydrogen-bond acceptors (Lipinski definition) is 5. The van der Waals surface area contributed by atoms with Gasteiger partial charge in [-0.15, -0.1) is 11.3 Å². The number of nitriles is 1. The second kappa shape index (κ2) is 9.25. The number of hydrogen-bond donors (Lipinski definition) is 1. The minimum atomic E-state index is -0.384. The number of nitrogens with zero attached hydrogens (tertiary/aromatic N) is 1. The Morgan fingerprint density at radius 3 is 2.68 bits per heavy atom. The normalized spacial score (nSPS) is 10.9. The second-order valence-corrected chi connectivity index (χ2v) is 7.34. The third-order valence-electron chi connectivity index (χ3n) is 3.41. The lowest BCUT2D eigenvalue weighted by molar-refractivity contribution is -0.117. The van der Waals surface area contributed by atoms with Crippen LogP contribution in [0.3, 0.4) is 0 Å². The number of carbonyl (C=O) groups is 1. The Morgan fingerprint density at radius 2 is 2.08 bits per heavy atom.